The Labute approximate surface area is 118 Å². The zero-order chi connectivity index (χ0) is 14.1. The molecule has 1 aliphatic heterocycles. The Kier molecular flexibility index (Phi) is 3.30. The maximum absolute atomic E-state index is 10.6. The van der Waals surface area contributed by atoms with E-state index in [1.165, 1.54) is 0 Å². The van der Waals surface area contributed by atoms with Crippen molar-refractivity contribution in [2.24, 2.45) is 5.73 Å². The van der Waals surface area contributed by atoms with Gasteiger partial charge in [-0.05, 0) is 13.0 Å². The van der Waals surface area contributed by atoms with Crippen LogP contribution in [-0.2, 0) is 0 Å². The van der Waals surface area contributed by atoms with Crippen molar-refractivity contribution in [3.8, 4) is 5.75 Å². The minimum absolute atomic E-state index is 0.284. The van der Waals surface area contributed by atoms with Crippen LogP contribution in [0.2, 0.25) is 0 Å². The zero-order valence-corrected chi connectivity index (χ0v) is 11.3. The Morgan fingerprint density at radius 3 is 2.40 bits per heavy atom. The summed E-state index contributed by atoms with van der Waals surface area (Å²) in [4.78, 5) is 0. The maximum Gasteiger partial charge on any atom is 0.138 e. The summed E-state index contributed by atoms with van der Waals surface area (Å²) >= 11 is 0. The van der Waals surface area contributed by atoms with Gasteiger partial charge in [0.25, 0.3) is 0 Å². The SMILES string of the molecule is CC(N)C1=C(c2ccccc2)Oc2ccccc2C1O. The predicted octanol–water partition coefficient (Wildman–Crippen LogP) is 2.87. The van der Waals surface area contributed by atoms with Crippen molar-refractivity contribution in [1.82, 2.24) is 0 Å². The minimum Gasteiger partial charge on any atom is -0.456 e. The van der Waals surface area contributed by atoms with Gasteiger partial charge in [0, 0.05) is 22.7 Å². The van der Waals surface area contributed by atoms with E-state index < -0.39 is 6.10 Å². The number of hydrogen-bond donors (Lipinski definition) is 2. The van der Waals surface area contributed by atoms with Crippen LogP contribution in [0.1, 0.15) is 24.2 Å². The molecule has 0 saturated heterocycles. The first-order valence-electron chi connectivity index (χ1n) is 6.68. The fourth-order valence-corrected chi connectivity index (χ4v) is 2.53. The first-order valence-corrected chi connectivity index (χ1v) is 6.68. The number of benzene rings is 2. The predicted molar refractivity (Wildman–Crippen MR) is 79.0 cm³/mol. The van der Waals surface area contributed by atoms with Crippen LogP contribution in [0, 0.1) is 0 Å². The van der Waals surface area contributed by atoms with Gasteiger partial charge in [-0.3, -0.25) is 0 Å². The molecule has 2 atom stereocenters. The molecule has 2 aromatic carbocycles. The Balaban J connectivity index is 2.17. The number of rotatable bonds is 2. The molecule has 3 rings (SSSR count). The summed E-state index contributed by atoms with van der Waals surface area (Å²) < 4.78 is 6.00. The van der Waals surface area contributed by atoms with E-state index in [9.17, 15) is 5.11 Å². The Bertz CT molecular complexity index is 647. The maximum atomic E-state index is 10.6. The number of aliphatic hydroxyl groups excluding tert-OH is 1. The molecule has 0 aliphatic carbocycles. The monoisotopic (exact) mass is 267 g/mol. The van der Waals surface area contributed by atoms with Gasteiger partial charge in [-0.1, -0.05) is 48.5 Å². The lowest BCUT2D eigenvalue weighted by atomic mass is 9.91. The number of nitrogens with two attached hydrogens (primary N) is 1. The molecule has 0 fully saturated rings. The summed E-state index contributed by atoms with van der Waals surface area (Å²) in [5, 5.41) is 10.6. The molecule has 0 saturated carbocycles. The van der Waals surface area contributed by atoms with Gasteiger partial charge in [0.15, 0.2) is 0 Å². The largest absolute Gasteiger partial charge is 0.456 e. The molecule has 0 amide bonds. The Hall–Kier alpha value is -2.10. The van der Waals surface area contributed by atoms with E-state index in [0.717, 1.165) is 16.7 Å². The molecule has 0 radical (unpaired) electrons. The molecule has 20 heavy (non-hydrogen) atoms. The first kappa shape index (κ1) is 12.9. The number of hydrogen-bond acceptors (Lipinski definition) is 3. The van der Waals surface area contributed by atoms with E-state index in [2.05, 4.69) is 0 Å². The molecule has 3 N–H and O–H groups in total. The van der Waals surface area contributed by atoms with Crippen LogP contribution in [0.15, 0.2) is 60.2 Å². The average molecular weight is 267 g/mol. The summed E-state index contributed by atoms with van der Waals surface area (Å²) in [5.74, 6) is 1.34. The second-order valence-corrected chi connectivity index (χ2v) is 4.98. The third kappa shape index (κ3) is 2.11. The normalized spacial score (nSPS) is 19.2. The van der Waals surface area contributed by atoms with Crippen molar-refractivity contribution < 1.29 is 9.84 Å². The highest BCUT2D eigenvalue weighted by Gasteiger charge is 2.30. The highest BCUT2D eigenvalue weighted by Crippen LogP contribution is 2.41. The summed E-state index contributed by atoms with van der Waals surface area (Å²) in [5.41, 5.74) is 8.45. The van der Waals surface area contributed by atoms with Crippen molar-refractivity contribution in [1.29, 1.82) is 0 Å². The zero-order valence-electron chi connectivity index (χ0n) is 11.3. The van der Waals surface area contributed by atoms with Gasteiger partial charge < -0.3 is 15.6 Å². The second kappa shape index (κ2) is 5.12. The minimum atomic E-state index is -0.727. The fourth-order valence-electron chi connectivity index (χ4n) is 2.53. The summed E-state index contributed by atoms with van der Waals surface area (Å²) in [7, 11) is 0. The van der Waals surface area contributed by atoms with Gasteiger partial charge in [-0.25, -0.2) is 0 Å². The van der Waals surface area contributed by atoms with Crippen LogP contribution in [0.3, 0.4) is 0 Å². The highest BCUT2D eigenvalue weighted by atomic mass is 16.5. The molecular formula is C17H17NO2. The van der Waals surface area contributed by atoms with Gasteiger partial charge in [0.2, 0.25) is 0 Å². The molecular weight excluding hydrogens is 250 g/mol. The number of aliphatic hydroxyl groups is 1. The van der Waals surface area contributed by atoms with Crippen LogP contribution in [0.4, 0.5) is 0 Å². The van der Waals surface area contributed by atoms with E-state index in [4.69, 9.17) is 10.5 Å². The lowest BCUT2D eigenvalue weighted by molar-refractivity contribution is 0.196. The standard InChI is InChI=1S/C17H17NO2/c1-11(18)15-16(19)13-9-5-6-10-14(13)20-17(15)12-7-3-2-4-8-12/h2-11,16,19H,18H2,1H3. The summed E-state index contributed by atoms with van der Waals surface area (Å²) in [6.45, 7) is 1.86. The second-order valence-electron chi connectivity index (χ2n) is 4.98. The number of para-hydroxylation sites is 1. The molecule has 3 nitrogen and oxygen atoms in total. The van der Waals surface area contributed by atoms with Crippen molar-refractivity contribution in [2.75, 3.05) is 0 Å². The third-order valence-corrected chi connectivity index (χ3v) is 3.51. The van der Waals surface area contributed by atoms with E-state index in [1.54, 1.807) is 0 Å². The highest BCUT2D eigenvalue weighted by molar-refractivity contribution is 5.70. The lowest BCUT2D eigenvalue weighted by Crippen LogP contribution is -2.28. The summed E-state index contributed by atoms with van der Waals surface area (Å²) in [6, 6.07) is 17.0. The van der Waals surface area contributed by atoms with E-state index in [-0.39, 0.29) is 6.04 Å². The van der Waals surface area contributed by atoms with Gasteiger partial charge in [0.05, 0.1) is 0 Å². The Morgan fingerprint density at radius 1 is 1.05 bits per heavy atom. The fraction of sp³-hybridized carbons (Fsp3) is 0.176. The first-order chi connectivity index (χ1) is 9.68. The topological polar surface area (TPSA) is 55.5 Å². The van der Waals surface area contributed by atoms with Crippen molar-refractivity contribution >= 4 is 5.76 Å². The van der Waals surface area contributed by atoms with E-state index >= 15 is 0 Å². The molecule has 3 heteroatoms. The van der Waals surface area contributed by atoms with Crippen LogP contribution in [0.5, 0.6) is 5.75 Å². The van der Waals surface area contributed by atoms with Crippen LogP contribution < -0.4 is 10.5 Å². The van der Waals surface area contributed by atoms with Crippen LogP contribution >= 0.6 is 0 Å². The molecule has 2 aromatic rings. The number of fused-ring (bicyclic) bond motifs is 1. The summed E-state index contributed by atoms with van der Waals surface area (Å²) in [6.07, 6.45) is -0.727. The van der Waals surface area contributed by atoms with Crippen molar-refractivity contribution in [3.05, 3.63) is 71.3 Å². The van der Waals surface area contributed by atoms with Crippen LogP contribution in [0.25, 0.3) is 5.76 Å². The molecule has 0 bridgehead atoms. The van der Waals surface area contributed by atoms with Crippen LogP contribution in [-0.4, -0.2) is 11.1 Å². The molecule has 1 heterocycles. The molecule has 2 unspecified atom stereocenters. The van der Waals surface area contributed by atoms with Gasteiger partial charge in [-0.2, -0.15) is 0 Å². The van der Waals surface area contributed by atoms with Crippen molar-refractivity contribution in [2.45, 2.75) is 19.1 Å². The number of ether oxygens (including phenoxy) is 1. The lowest BCUT2D eigenvalue weighted by Gasteiger charge is -2.29. The molecule has 1 aliphatic rings. The van der Waals surface area contributed by atoms with E-state index in [1.807, 2.05) is 61.5 Å². The van der Waals surface area contributed by atoms with Crippen molar-refractivity contribution in [3.63, 3.8) is 0 Å². The van der Waals surface area contributed by atoms with Gasteiger partial charge >= 0.3 is 0 Å². The quantitative estimate of drug-likeness (QED) is 0.879. The Morgan fingerprint density at radius 2 is 1.70 bits per heavy atom. The molecule has 102 valence electrons. The molecule has 0 spiro atoms. The van der Waals surface area contributed by atoms with Gasteiger partial charge in [-0.15, -0.1) is 0 Å². The molecule has 0 aromatic heterocycles. The smallest absolute Gasteiger partial charge is 0.138 e. The average Bonchev–Trinajstić information content (AvgIpc) is 2.47. The van der Waals surface area contributed by atoms with E-state index in [0.29, 0.717) is 11.5 Å². The third-order valence-electron chi connectivity index (χ3n) is 3.51. The van der Waals surface area contributed by atoms with Gasteiger partial charge in [0.1, 0.15) is 17.6 Å².